The number of nitrogens with one attached hydrogen (secondary N) is 2. The summed E-state index contributed by atoms with van der Waals surface area (Å²) in [7, 11) is 6.09. The van der Waals surface area contributed by atoms with Gasteiger partial charge >= 0.3 is 11.8 Å². The van der Waals surface area contributed by atoms with Crippen LogP contribution in [0.1, 0.15) is 17.2 Å². The van der Waals surface area contributed by atoms with Crippen LogP contribution >= 0.6 is 0 Å². The van der Waals surface area contributed by atoms with Crippen molar-refractivity contribution in [2.75, 3.05) is 64.1 Å². The van der Waals surface area contributed by atoms with E-state index in [1.54, 1.807) is 24.3 Å². The lowest BCUT2D eigenvalue weighted by Crippen LogP contribution is -2.49. The Bertz CT molecular complexity index is 975. The maximum absolute atomic E-state index is 12.5. The number of piperazine rings is 1. The minimum absolute atomic E-state index is 0.0388. The number of amides is 2. The van der Waals surface area contributed by atoms with Crippen LogP contribution in [-0.4, -0.2) is 75.5 Å². The van der Waals surface area contributed by atoms with E-state index < -0.39 is 11.8 Å². The summed E-state index contributed by atoms with van der Waals surface area (Å²) in [5.41, 5.74) is 2.83. The quantitative estimate of drug-likeness (QED) is 0.672. The Labute approximate surface area is 189 Å². The molecule has 1 heterocycles. The van der Waals surface area contributed by atoms with Crippen LogP contribution in [0.25, 0.3) is 0 Å². The maximum atomic E-state index is 12.5. The summed E-state index contributed by atoms with van der Waals surface area (Å²) in [6.45, 7) is 3.98. The molecule has 0 saturated carbocycles. The third-order valence-electron chi connectivity index (χ3n) is 5.73. The summed E-state index contributed by atoms with van der Waals surface area (Å²) >= 11 is 0. The number of hydrogen-bond acceptors (Lipinski definition) is 6. The van der Waals surface area contributed by atoms with Crippen LogP contribution in [-0.2, 0) is 9.59 Å². The van der Waals surface area contributed by atoms with Crippen molar-refractivity contribution in [3.8, 4) is 6.07 Å². The molecule has 8 heteroatoms. The maximum Gasteiger partial charge on any atom is 0.313 e. The predicted molar refractivity (Wildman–Crippen MR) is 125 cm³/mol. The molecular formula is C24H30N6O2. The number of nitriles is 1. The molecule has 32 heavy (non-hydrogen) atoms. The molecule has 2 amide bonds. The molecule has 1 saturated heterocycles. The number of para-hydroxylation sites is 1. The van der Waals surface area contributed by atoms with Crippen LogP contribution in [0.15, 0.2) is 48.5 Å². The number of carbonyl (C=O) groups excluding carboxylic acids is 2. The summed E-state index contributed by atoms with van der Waals surface area (Å²) in [6, 6.07) is 16.8. The Kier molecular flexibility index (Phi) is 7.82. The van der Waals surface area contributed by atoms with E-state index in [1.165, 1.54) is 0 Å². The molecule has 1 aliphatic rings. The minimum Gasteiger partial charge on any atom is -0.378 e. The summed E-state index contributed by atoms with van der Waals surface area (Å²) in [5.74, 6) is -1.51. The van der Waals surface area contributed by atoms with Crippen molar-refractivity contribution in [1.82, 2.24) is 15.1 Å². The van der Waals surface area contributed by atoms with E-state index in [2.05, 4.69) is 51.7 Å². The monoisotopic (exact) mass is 434 g/mol. The molecular weight excluding hydrogens is 404 g/mol. The van der Waals surface area contributed by atoms with E-state index in [0.29, 0.717) is 17.8 Å². The number of nitrogens with zero attached hydrogens (tertiary/aromatic N) is 4. The van der Waals surface area contributed by atoms with Gasteiger partial charge in [0.1, 0.15) is 6.07 Å². The molecule has 1 fully saturated rings. The molecule has 168 valence electrons. The molecule has 0 bridgehead atoms. The summed E-state index contributed by atoms with van der Waals surface area (Å²) in [5, 5.41) is 14.5. The molecule has 0 aliphatic carbocycles. The number of hydrogen-bond donors (Lipinski definition) is 2. The first-order chi connectivity index (χ1) is 15.4. The van der Waals surface area contributed by atoms with Gasteiger partial charge in [-0.2, -0.15) is 5.26 Å². The highest BCUT2D eigenvalue weighted by atomic mass is 16.2. The van der Waals surface area contributed by atoms with Crippen LogP contribution < -0.4 is 15.5 Å². The van der Waals surface area contributed by atoms with Gasteiger partial charge in [-0.1, -0.05) is 24.3 Å². The smallest absolute Gasteiger partial charge is 0.313 e. The molecule has 0 spiro atoms. The van der Waals surface area contributed by atoms with Crippen LogP contribution in [0.3, 0.4) is 0 Å². The second-order valence-corrected chi connectivity index (χ2v) is 8.16. The van der Waals surface area contributed by atoms with Crippen molar-refractivity contribution in [3.63, 3.8) is 0 Å². The van der Waals surface area contributed by atoms with E-state index in [1.807, 2.05) is 25.1 Å². The van der Waals surface area contributed by atoms with Gasteiger partial charge in [0.2, 0.25) is 0 Å². The molecule has 0 radical (unpaired) electrons. The van der Waals surface area contributed by atoms with Gasteiger partial charge in [-0.25, -0.2) is 0 Å². The molecule has 2 aromatic carbocycles. The van der Waals surface area contributed by atoms with Crippen LogP contribution in [0.5, 0.6) is 0 Å². The summed E-state index contributed by atoms with van der Waals surface area (Å²) in [6.07, 6.45) is 0. The van der Waals surface area contributed by atoms with Gasteiger partial charge in [0.05, 0.1) is 17.3 Å². The summed E-state index contributed by atoms with van der Waals surface area (Å²) in [4.78, 5) is 31.6. The third-order valence-corrected chi connectivity index (χ3v) is 5.73. The molecule has 1 atom stereocenters. The molecule has 2 N–H and O–H groups in total. The fourth-order valence-electron chi connectivity index (χ4n) is 3.72. The minimum atomic E-state index is -0.784. The highest BCUT2D eigenvalue weighted by Crippen LogP contribution is 2.24. The fourth-order valence-corrected chi connectivity index (χ4v) is 3.72. The Hall–Kier alpha value is -3.41. The lowest BCUT2D eigenvalue weighted by atomic mass is 10.0. The third kappa shape index (κ3) is 5.84. The second kappa shape index (κ2) is 10.8. The van der Waals surface area contributed by atoms with Crippen LogP contribution in [0.4, 0.5) is 11.4 Å². The average Bonchev–Trinajstić information content (AvgIpc) is 2.80. The zero-order valence-electron chi connectivity index (χ0n) is 18.8. The molecule has 1 unspecified atom stereocenters. The lowest BCUT2D eigenvalue weighted by molar-refractivity contribution is -0.136. The number of benzene rings is 2. The number of likely N-dealkylation sites (N-methyl/N-ethyl adjacent to an activating group) is 1. The Morgan fingerprint density at radius 1 is 1.03 bits per heavy atom. The van der Waals surface area contributed by atoms with Crippen molar-refractivity contribution >= 4 is 23.2 Å². The number of carbonyl (C=O) groups is 2. The van der Waals surface area contributed by atoms with Gasteiger partial charge in [-0.05, 0) is 36.9 Å². The standard InChI is InChI=1S/C24H30N6O2/c1-28(2)20-10-8-18(9-11-20)22(30-14-12-29(3)13-15-30)17-26-23(31)24(32)27-21-7-5-4-6-19(21)16-25/h4-11,22H,12-15,17H2,1-3H3,(H,26,31)(H,27,32). The van der Waals surface area contributed by atoms with E-state index in [0.717, 1.165) is 37.4 Å². The highest BCUT2D eigenvalue weighted by molar-refractivity contribution is 6.39. The number of rotatable bonds is 6. The zero-order chi connectivity index (χ0) is 23.1. The zero-order valence-corrected chi connectivity index (χ0v) is 18.8. The van der Waals surface area contributed by atoms with Crippen molar-refractivity contribution in [3.05, 3.63) is 59.7 Å². The van der Waals surface area contributed by atoms with E-state index in [4.69, 9.17) is 0 Å². The molecule has 8 nitrogen and oxygen atoms in total. The van der Waals surface area contributed by atoms with Gasteiger partial charge in [0, 0.05) is 52.5 Å². The molecule has 2 aromatic rings. The van der Waals surface area contributed by atoms with Gasteiger partial charge in [0.15, 0.2) is 0 Å². The topological polar surface area (TPSA) is 91.7 Å². The van der Waals surface area contributed by atoms with E-state index in [9.17, 15) is 14.9 Å². The van der Waals surface area contributed by atoms with Gasteiger partial charge in [0.25, 0.3) is 0 Å². The van der Waals surface area contributed by atoms with Crippen molar-refractivity contribution in [2.24, 2.45) is 0 Å². The largest absolute Gasteiger partial charge is 0.378 e. The van der Waals surface area contributed by atoms with Gasteiger partial charge in [-0.3, -0.25) is 14.5 Å². The van der Waals surface area contributed by atoms with E-state index >= 15 is 0 Å². The van der Waals surface area contributed by atoms with Gasteiger partial charge < -0.3 is 20.4 Å². The molecule has 3 rings (SSSR count). The molecule has 1 aliphatic heterocycles. The first kappa shape index (κ1) is 23.3. The SMILES string of the molecule is CN1CCN(C(CNC(=O)C(=O)Nc2ccccc2C#N)c2ccc(N(C)C)cc2)CC1. The Morgan fingerprint density at radius 2 is 1.69 bits per heavy atom. The molecule has 0 aromatic heterocycles. The predicted octanol–water partition coefficient (Wildman–Crippen LogP) is 1.67. The van der Waals surface area contributed by atoms with Crippen LogP contribution in [0, 0.1) is 11.3 Å². The van der Waals surface area contributed by atoms with E-state index in [-0.39, 0.29) is 6.04 Å². The summed E-state index contributed by atoms with van der Waals surface area (Å²) < 4.78 is 0. The first-order valence-corrected chi connectivity index (χ1v) is 10.7. The fraction of sp³-hybridized carbons (Fsp3) is 0.375. The highest BCUT2D eigenvalue weighted by Gasteiger charge is 2.25. The second-order valence-electron chi connectivity index (χ2n) is 8.16. The lowest BCUT2D eigenvalue weighted by Gasteiger charge is -2.38. The van der Waals surface area contributed by atoms with Crippen molar-refractivity contribution < 1.29 is 9.59 Å². The number of anilines is 2. The average molecular weight is 435 g/mol. The van der Waals surface area contributed by atoms with Gasteiger partial charge in [-0.15, -0.1) is 0 Å². The Balaban J connectivity index is 1.69. The van der Waals surface area contributed by atoms with Crippen molar-refractivity contribution in [1.29, 1.82) is 5.26 Å². The Morgan fingerprint density at radius 3 is 2.31 bits per heavy atom. The van der Waals surface area contributed by atoms with Crippen molar-refractivity contribution in [2.45, 2.75) is 6.04 Å². The normalized spacial score (nSPS) is 15.4. The first-order valence-electron chi connectivity index (χ1n) is 10.7. The van der Waals surface area contributed by atoms with Crippen LogP contribution in [0.2, 0.25) is 0 Å².